The van der Waals surface area contributed by atoms with E-state index in [4.69, 9.17) is 11.6 Å². The zero-order valence-corrected chi connectivity index (χ0v) is 19.0. The molecule has 0 radical (unpaired) electrons. The Morgan fingerprint density at radius 1 is 1.03 bits per heavy atom. The summed E-state index contributed by atoms with van der Waals surface area (Å²) in [6.45, 7) is 0. The van der Waals surface area contributed by atoms with Crippen molar-refractivity contribution in [2.24, 2.45) is 0 Å². The van der Waals surface area contributed by atoms with E-state index in [-0.39, 0.29) is 28.6 Å². The van der Waals surface area contributed by atoms with Gasteiger partial charge in [-0.15, -0.1) is 0 Å². The first-order valence-electron chi connectivity index (χ1n) is 10.1. The molecule has 0 saturated carbocycles. The van der Waals surface area contributed by atoms with Crippen molar-refractivity contribution in [3.63, 3.8) is 0 Å². The molecule has 1 heterocycles. The maximum Gasteiger partial charge on any atom is 0.269 e. The van der Waals surface area contributed by atoms with Crippen molar-refractivity contribution in [1.82, 2.24) is 0 Å². The number of amides is 2. The number of nitriles is 1. The molecular weight excluding hydrogens is 480 g/mol. The van der Waals surface area contributed by atoms with Crippen LogP contribution in [0.4, 0.5) is 20.2 Å². The number of hydrogen-bond donors (Lipinski definition) is 1. The number of nitrogens with zero attached hydrogens (tertiary/aromatic N) is 2. The lowest BCUT2D eigenvalue weighted by atomic mass is 10.1. The number of benzene rings is 3. The molecule has 2 amide bonds. The Kier molecular flexibility index (Phi) is 6.96. The number of anilines is 2. The van der Waals surface area contributed by atoms with E-state index in [0.29, 0.717) is 10.7 Å². The molecule has 1 N–H and O–H groups in total. The Morgan fingerprint density at radius 2 is 1.65 bits per heavy atom. The van der Waals surface area contributed by atoms with Crippen LogP contribution in [-0.2, 0) is 16.0 Å². The van der Waals surface area contributed by atoms with Crippen molar-refractivity contribution in [3.05, 3.63) is 106 Å². The van der Waals surface area contributed by atoms with Crippen molar-refractivity contribution in [2.75, 3.05) is 10.2 Å². The number of halogens is 3. The molecule has 1 fully saturated rings. The van der Waals surface area contributed by atoms with Gasteiger partial charge in [-0.25, -0.2) is 8.78 Å². The van der Waals surface area contributed by atoms with Gasteiger partial charge in [0.05, 0.1) is 5.25 Å². The smallest absolute Gasteiger partial charge is 0.269 e. The largest absolute Gasteiger partial charge is 0.321 e. The van der Waals surface area contributed by atoms with Crippen LogP contribution in [0.2, 0.25) is 5.02 Å². The fourth-order valence-corrected chi connectivity index (χ4v) is 4.91. The topological polar surface area (TPSA) is 73.2 Å². The summed E-state index contributed by atoms with van der Waals surface area (Å²) in [5, 5.41) is 12.3. The highest BCUT2D eigenvalue weighted by molar-refractivity contribution is 8.05. The number of nitrogens with one attached hydrogen (secondary N) is 1. The van der Waals surface area contributed by atoms with Crippen molar-refractivity contribution < 1.29 is 18.4 Å². The summed E-state index contributed by atoms with van der Waals surface area (Å²) >= 11 is 7.33. The summed E-state index contributed by atoms with van der Waals surface area (Å²) in [5.74, 6) is -2.08. The minimum Gasteiger partial charge on any atom is -0.321 e. The van der Waals surface area contributed by atoms with Gasteiger partial charge in [-0.05, 0) is 66.6 Å². The lowest BCUT2D eigenvalue weighted by Crippen LogP contribution is -2.31. The summed E-state index contributed by atoms with van der Waals surface area (Å²) in [6.07, 6.45) is 0.267. The van der Waals surface area contributed by atoms with Crippen LogP contribution >= 0.6 is 23.4 Å². The highest BCUT2D eigenvalue weighted by Crippen LogP contribution is 2.42. The zero-order chi connectivity index (χ0) is 24.2. The standard InChI is InChI=1S/C25H16ClF2N3O2S/c26-21-4-2-1-3-15(21)13-22-24(33)31(19-11-7-17(28)8-12-19)25(34-22)20(14-29)23(32)30-18-9-5-16(27)6-10-18/h1-12,22H,13H2,(H,30,32)/b25-20+/t22-/m0/s1. The van der Waals surface area contributed by atoms with Crippen molar-refractivity contribution in [3.8, 4) is 6.07 Å². The van der Waals surface area contributed by atoms with Gasteiger partial charge in [0.2, 0.25) is 5.91 Å². The average Bonchev–Trinajstić information content (AvgIpc) is 3.13. The first-order chi connectivity index (χ1) is 16.4. The second-order valence-electron chi connectivity index (χ2n) is 7.31. The second kappa shape index (κ2) is 10.1. The Balaban J connectivity index is 1.73. The lowest BCUT2D eigenvalue weighted by Gasteiger charge is -2.18. The van der Waals surface area contributed by atoms with Crippen LogP contribution in [0.5, 0.6) is 0 Å². The van der Waals surface area contributed by atoms with Crippen molar-refractivity contribution >= 4 is 46.6 Å². The number of thioether (sulfide) groups is 1. The molecular formula is C25H16ClF2N3O2S. The van der Waals surface area contributed by atoms with E-state index in [1.807, 2.05) is 6.07 Å². The monoisotopic (exact) mass is 495 g/mol. The highest BCUT2D eigenvalue weighted by atomic mass is 35.5. The Morgan fingerprint density at radius 3 is 2.26 bits per heavy atom. The van der Waals surface area contributed by atoms with Crippen LogP contribution in [0, 0.1) is 23.0 Å². The van der Waals surface area contributed by atoms with Crippen LogP contribution in [0.25, 0.3) is 0 Å². The van der Waals surface area contributed by atoms with Crippen LogP contribution in [-0.4, -0.2) is 17.1 Å². The molecule has 0 spiro atoms. The van der Waals surface area contributed by atoms with Gasteiger partial charge in [0, 0.05) is 16.4 Å². The molecule has 34 heavy (non-hydrogen) atoms. The fourth-order valence-electron chi connectivity index (χ4n) is 3.40. The van der Waals surface area contributed by atoms with Gasteiger partial charge in [-0.2, -0.15) is 5.26 Å². The summed E-state index contributed by atoms with van der Waals surface area (Å²) in [6, 6.07) is 19.2. The first-order valence-corrected chi connectivity index (χ1v) is 11.3. The van der Waals surface area contributed by atoms with E-state index in [1.54, 1.807) is 24.3 Å². The molecule has 9 heteroatoms. The number of carbonyl (C=O) groups excluding carboxylic acids is 2. The number of hydrogen-bond acceptors (Lipinski definition) is 4. The van der Waals surface area contributed by atoms with E-state index in [2.05, 4.69) is 5.32 Å². The van der Waals surface area contributed by atoms with Gasteiger partial charge in [-0.1, -0.05) is 41.6 Å². The van der Waals surface area contributed by atoms with E-state index >= 15 is 0 Å². The van der Waals surface area contributed by atoms with Crippen LogP contribution < -0.4 is 10.2 Å². The molecule has 1 atom stereocenters. The Labute approximate surface area is 203 Å². The van der Waals surface area contributed by atoms with Gasteiger partial charge in [-0.3, -0.25) is 14.5 Å². The molecule has 1 aliphatic heterocycles. The van der Waals surface area contributed by atoms with Crippen LogP contribution in [0.1, 0.15) is 5.56 Å². The molecule has 3 aromatic carbocycles. The minimum absolute atomic E-state index is 0.121. The lowest BCUT2D eigenvalue weighted by molar-refractivity contribution is -0.117. The highest BCUT2D eigenvalue weighted by Gasteiger charge is 2.41. The average molecular weight is 496 g/mol. The SMILES string of the molecule is N#C/C(C(=O)Nc1ccc(F)cc1)=C1\S[C@@H](Cc2ccccc2Cl)C(=O)N1c1ccc(F)cc1. The molecule has 1 saturated heterocycles. The van der Waals surface area contributed by atoms with Gasteiger partial charge >= 0.3 is 0 Å². The maximum absolute atomic E-state index is 13.5. The van der Waals surface area contributed by atoms with E-state index in [0.717, 1.165) is 17.3 Å². The molecule has 0 aliphatic carbocycles. The summed E-state index contributed by atoms with van der Waals surface area (Å²) in [7, 11) is 0. The molecule has 0 unspecified atom stereocenters. The van der Waals surface area contributed by atoms with Gasteiger partial charge in [0.1, 0.15) is 28.3 Å². The third-order valence-electron chi connectivity index (χ3n) is 5.06. The third-order valence-corrected chi connectivity index (χ3v) is 6.69. The summed E-state index contributed by atoms with van der Waals surface area (Å²) in [5.41, 5.74) is 1.05. The first kappa shape index (κ1) is 23.5. The summed E-state index contributed by atoms with van der Waals surface area (Å²) in [4.78, 5) is 27.6. The zero-order valence-electron chi connectivity index (χ0n) is 17.5. The van der Waals surface area contributed by atoms with Gasteiger partial charge < -0.3 is 5.32 Å². The fraction of sp³-hybridized carbons (Fsp3) is 0.0800. The molecule has 5 nitrogen and oxygen atoms in total. The normalized spacial score (nSPS) is 16.8. The molecule has 3 aromatic rings. The number of carbonyl (C=O) groups is 2. The predicted molar refractivity (Wildman–Crippen MR) is 128 cm³/mol. The minimum atomic E-state index is -0.755. The Hall–Kier alpha value is -3.67. The van der Waals surface area contributed by atoms with Gasteiger partial charge in [0.25, 0.3) is 5.91 Å². The molecule has 1 aliphatic rings. The van der Waals surface area contributed by atoms with E-state index in [1.165, 1.54) is 53.4 Å². The van der Waals surface area contributed by atoms with Crippen LogP contribution in [0.3, 0.4) is 0 Å². The molecule has 0 bridgehead atoms. The van der Waals surface area contributed by atoms with E-state index in [9.17, 15) is 23.6 Å². The molecule has 4 rings (SSSR count). The predicted octanol–water partition coefficient (Wildman–Crippen LogP) is 5.68. The van der Waals surface area contributed by atoms with Gasteiger partial charge in [0.15, 0.2) is 0 Å². The third kappa shape index (κ3) is 4.96. The number of rotatable bonds is 5. The quantitative estimate of drug-likeness (QED) is 0.365. The summed E-state index contributed by atoms with van der Waals surface area (Å²) < 4.78 is 26.7. The molecule has 0 aromatic heterocycles. The van der Waals surface area contributed by atoms with Crippen molar-refractivity contribution in [1.29, 1.82) is 5.26 Å². The second-order valence-corrected chi connectivity index (χ2v) is 8.90. The van der Waals surface area contributed by atoms with Crippen molar-refractivity contribution in [2.45, 2.75) is 11.7 Å². The molecule has 170 valence electrons. The van der Waals surface area contributed by atoms with Crippen LogP contribution in [0.15, 0.2) is 83.4 Å². The maximum atomic E-state index is 13.5. The Bertz CT molecular complexity index is 1320. The van der Waals surface area contributed by atoms with E-state index < -0.39 is 22.8 Å².